The first-order valence-electron chi connectivity index (χ1n) is 24.8. The molecule has 2 saturated heterocycles. The first-order chi connectivity index (χ1) is 33.0. The quantitative estimate of drug-likeness (QED) is 0.0752. The fourth-order valence-corrected chi connectivity index (χ4v) is 10.7. The molecule has 7 rings (SSSR count). The number of ether oxygens (including phenoxy) is 2. The van der Waals surface area contributed by atoms with Crippen LogP contribution in [0.4, 0.5) is 0 Å². The lowest BCUT2D eigenvalue weighted by Crippen LogP contribution is -2.66. The number of methoxy groups -OCH3 is 1. The summed E-state index contributed by atoms with van der Waals surface area (Å²) in [5.41, 5.74) is 9.27. The van der Waals surface area contributed by atoms with Crippen molar-refractivity contribution >= 4 is 52.6 Å². The average Bonchev–Trinajstić information content (AvgIpc) is 3.98. The van der Waals surface area contributed by atoms with Crippen molar-refractivity contribution in [3.8, 4) is 11.1 Å². The Bertz CT molecular complexity index is 2520. The molecule has 14 heteroatoms. The maximum Gasteiger partial charge on any atom is 0.259 e. The number of allylic oxidation sites excluding steroid dienone is 2. The number of nitrogens with zero attached hydrogens (tertiary/aromatic N) is 5. The van der Waals surface area contributed by atoms with Gasteiger partial charge in [0.05, 0.1) is 36.6 Å². The first-order valence-corrected chi connectivity index (χ1v) is 24.8. The molecule has 6 bridgehead atoms. The van der Waals surface area contributed by atoms with Gasteiger partial charge < -0.3 is 34.0 Å². The zero-order valence-electron chi connectivity index (χ0n) is 42.0. The number of rotatable bonds is 14. The molecule has 2 aromatic carbocycles. The number of carbonyl (C=O) groups is 5. The molecule has 5 atom stereocenters. The number of carbonyl (C=O) groups excluding carboxylic acids is 5. The van der Waals surface area contributed by atoms with Crippen LogP contribution in [0.15, 0.2) is 78.5 Å². The van der Waals surface area contributed by atoms with Crippen molar-refractivity contribution in [2.24, 2.45) is 22.2 Å². The summed E-state index contributed by atoms with van der Waals surface area (Å²) in [7, 11) is 1.68. The van der Waals surface area contributed by atoms with E-state index in [1.165, 1.54) is 11.1 Å². The van der Waals surface area contributed by atoms with Crippen LogP contribution in [0.2, 0.25) is 0 Å². The predicted molar refractivity (Wildman–Crippen MR) is 271 cm³/mol. The van der Waals surface area contributed by atoms with E-state index >= 15 is 0 Å². The summed E-state index contributed by atoms with van der Waals surface area (Å²) < 4.78 is 14.7. The molecule has 1 saturated carbocycles. The lowest BCUT2D eigenvalue weighted by atomic mass is 9.83. The van der Waals surface area contributed by atoms with Gasteiger partial charge in [-0.1, -0.05) is 77.3 Å². The molecule has 4 heterocycles. The van der Waals surface area contributed by atoms with E-state index in [4.69, 9.17) is 14.5 Å². The zero-order valence-corrected chi connectivity index (χ0v) is 42.0. The third-order valence-electron chi connectivity index (χ3n) is 14.3. The molecular weight excluding hydrogens is 871 g/mol. The minimum Gasteiger partial charge on any atom is -0.378 e. The summed E-state index contributed by atoms with van der Waals surface area (Å²) in [6.45, 7) is 24.2. The Morgan fingerprint density at radius 1 is 1.04 bits per heavy atom. The summed E-state index contributed by atoms with van der Waals surface area (Å²) >= 11 is 0. The number of aldehydes is 1. The third-order valence-corrected chi connectivity index (χ3v) is 14.3. The number of aryl methyl sites for hydroxylation is 1. The monoisotopic (exact) mass is 944 g/mol. The average molecular weight is 944 g/mol. The van der Waals surface area contributed by atoms with Crippen LogP contribution < -0.4 is 10.7 Å². The van der Waals surface area contributed by atoms with E-state index in [0.29, 0.717) is 51.9 Å². The topological polar surface area (TPSA) is 155 Å². The van der Waals surface area contributed by atoms with Gasteiger partial charge in [0.15, 0.2) is 0 Å². The molecular formula is C55H73N7O7. The van der Waals surface area contributed by atoms with Crippen LogP contribution in [0, 0.1) is 17.3 Å². The molecule has 4 amide bonds. The van der Waals surface area contributed by atoms with E-state index in [-0.39, 0.29) is 55.4 Å². The molecule has 0 radical (unpaired) electrons. The van der Waals surface area contributed by atoms with Crippen molar-refractivity contribution in [1.29, 1.82) is 0 Å². The van der Waals surface area contributed by atoms with Crippen molar-refractivity contribution < 1.29 is 33.4 Å². The fourth-order valence-electron chi connectivity index (χ4n) is 10.7. The maximum atomic E-state index is 15.0. The number of aliphatic imine (C=N–C) groups is 1. The Balaban J connectivity index is 1.32. The molecule has 370 valence electrons. The second-order valence-electron chi connectivity index (χ2n) is 20.5. The van der Waals surface area contributed by atoms with Gasteiger partial charge in [0.2, 0.25) is 17.7 Å². The smallest absolute Gasteiger partial charge is 0.259 e. The summed E-state index contributed by atoms with van der Waals surface area (Å²) in [5.74, 6) is -1.90. The molecule has 0 spiro atoms. The van der Waals surface area contributed by atoms with E-state index < -0.39 is 34.9 Å². The molecule has 3 fully saturated rings. The number of aromatic nitrogens is 1. The number of benzene rings is 2. The fraction of sp³-hybridized carbons (Fsp3) is 0.527. The van der Waals surface area contributed by atoms with Gasteiger partial charge in [-0.3, -0.25) is 29.2 Å². The second kappa shape index (κ2) is 21.5. The summed E-state index contributed by atoms with van der Waals surface area (Å²) in [5, 5.41) is 5.71. The van der Waals surface area contributed by atoms with Gasteiger partial charge in [-0.2, -0.15) is 0 Å². The predicted octanol–water partition coefficient (Wildman–Crippen LogP) is 7.09. The van der Waals surface area contributed by atoms with Crippen LogP contribution in [-0.4, -0.2) is 125 Å². The number of hydrogen-bond donors (Lipinski definition) is 2. The van der Waals surface area contributed by atoms with Crippen molar-refractivity contribution in [2.75, 3.05) is 40.0 Å². The van der Waals surface area contributed by atoms with E-state index in [1.54, 1.807) is 23.1 Å². The molecule has 1 aromatic heterocycles. The Hall–Kier alpha value is -5.70. The van der Waals surface area contributed by atoms with Crippen LogP contribution in [-0.2, 0) is 52.8 Å². The molecule has 3 aromatic rings. The summed E-state index contributed by atoms with van der Waals surface area (Å²) in [6, 6.07) is 12.6. The molecule has 0 unspecified atom stereocenters. The highest BCUT2D eigenvalue weighted by Crippen LogP contribution is 2.41. The number of nitrogens with one attached hydrogen (secondary N) is 2. The van der Waals surface area contributed by atoms with Crippen LogP contribution in [0.1, 0.15) is 97.4 Å². The van der Waals surface area contributed by atoms with E-state index in [9.17, 15) is 24.0 Å². The zero-order chi connectivity index (χ0) is 49.8. The van der Waals surface area contributed by atoms with Crippen molar-refractivity contribution in [3.05, 3.63) is 90.3 Å². The van der Waals surface area contributed by atoms with Gasteiger partial charge in [0, 0.05) is 68.4 Å². The summed E-state index contributed by atoms with van der Waals surface area (Å²) in [6.07, 6.45) is 9.26. The Labute approximate surface area is 408 Å². The molecule has 1 aliphatic carbocycles. The number of fused-ring (bicyclic) bond motifs is 6. The highest BCUT2D eigenvalue weighted by Gasteiger charge is 2.47. The number of likely N-dealkylation sites (tertiary alicyclic amines) is 1. The van der Waals surface area contributed by atoms with E-state index in [1.807, 2.05) is 45.9 Å². The number of hydrazine groups is 1. The van der Waals surface area contributed by atoms with Crippen LogP contribution >= 0.6 is 0 Å². The van der Waals surface area contributed by atoms with E-state index in [0.717, 1.165) is 69.2 Å². The molecule has 69 heavy (non-hydrogen) atoms. The molecule has 3 aliphatic heterocycles. The van der Waals surface area contributed by atoms with Crippen molar-refractivity contribution in [1.82, 2.24) is 30.1 Å². The first kappa shape index (κ1) is 51.2. The Kier molecular flexibility index (Phi) is 16.0. The molecule has 4 aliphatic rings. The SMILES string of the molecule is C=CC(=O)N1CC[C@H](C(=O)N(C2CC2)[C@H](C(=O)N[C@H]2Cc3cccc(c3)-c3ccc4c(c3)c(c(/C(C=C)=C(/N=C\C)[C@H](C)OC)n4CC)CC(C)(C)COC[C@@]3(C=O)CCCN(N3)C2=O)C(C)C)C1. The highest BCUT2D eigenvalue weighted by molar-refractivity contribution is 5.96. The lowest BCUT2D eigenvalue weighted by molar-refractivity contribution is -0.149. The summed E-state index contributed by atoms with van der Waals surface area (Å²) in [4.78, 5) is 78.2. The standard InChI is InChI=1S/C55H73N7O7/c1-11-42(48(56-13-3)36(7)68-10)50-44-30-54(8,9)33-69-34-55(32-63)24-16-25-61(58-55)53(67)45(28-37-17-15-18-38(27-37)39-19-22-46(43(44)29-39)60(50)14-4)57-51(65)49(35(5)6)62(41-20-21-41)52(66)40-23-26-59(31-40)47(64)12-2/h11-13,15,17-19,22,27,29,32,35-36,40-41,45,49,58H,1-2,14,16,20-21,23-26,28,30-31,33-34H2,3-10H3,(H,57,65)/b48-42+,56-13-/t36-,40-,45-,49-,55-/m0/s1. The van der Waals surface area contributed by atoms with Gasteiger partial charge in [0.1, 0.15) is 23.9 Å². The maximum absolute atomic E-state index is 15.0. The van der Waals surface area contributed by atoms with Gasteiger partial charge in [-0.15, -0.1) is 0 Å². The second-order valence-corrected chi connectivity index (χ2v) is 20.5. The van der Waals surface area contributed by atoms with Gasteiger partial charge in [-0.05, 0) is 111 Å². The minimum atomic E-state index is -1.19. The largest absolute Gasteiger partial charge is 0.378 e. The Morgan fingerprint density at radius 3 is 2.45 bits per heavy atom. The van der Waals surface area contributed by atoms with Crippen molar-refractivity contribution in [2.45, 2.75) is 130 Å². The third kappa shape index (κ3) is 10.9. The van der Waals surface area contributed by atoms with Crippen molar-refractivity contribution in [3.63, 3.8) is 0 Å². The van der Waals surface area contributed by atoms with Gasteiger partial charge in [0.25, 0.3) is 5.91 Å². The van der Waals surface area contributed by atoms with Gasteiger partial charge in [-0.25, -0.2) is 5.43 Å². The minimum absolute atomic E-state index is 0.0277. The van der Waals surface area contributed by atoms with E-state index in [2.05, 4.69) is 79.6 Å². The number of amides is 4. The van der Waals surface area contributed by atoms with Crippen LogP contribution in [0.5, 0.6) is 0 Å². The number of hydrogen-bond acceptors (Lipinski definition) is 9. The Morgan fingerprint density at radius 2 is 1.80 bits per heavy atom. The highest BCUT2D eigenvalue weighted by atomic mass is 16.5. The van der Waals surface area contributed by atoms with Gasteiger partial charge >= 0.3 is 0 Å². The molecule has 2 N–H and O–H groups in total. The normalized spacial score (nSPS) is 23.3. The lowest BCUT2D eigenvalue weighted by Gasteiger charge is -2.42. The van der Waals surface area contributed by atoms with Crippen LogP contribution in [0.3, 0.4) is 0 Å². The van der Waals surface area contributed by atoms with Crippen LogP contribution in [0.25, 0.3) is 27.6 Å². The molecule has 14 nitrogen and oxygen atoms in total.